The van der Waals surface area contributed by atoms with E-state index in [-0.39, 0.29) is 29.5 Å². The molecule has 33 heavy (non-hydrogen) atoms. The van der Waals surface area contributed by atoms with E-state index in [9.17, 15) is 18.3 Å². The molecule has 11 heteroatoms. The van der Waals surface area contributed by atoms with Gasteiger partial charge in [-0.2, -0.15) is 5.10 Å². The molecule has 2 aromatic heterocycles. The highest BCUT2D eigenvalue weighted by Gasteiger charge is 2.35. The maximum Gasteiger partial charge on any atom is 0.412 e. The second kappa shape index (κ2) is 8.02. The van der Waals surface area contributed by atoms with Crippen molar-refractivity contribution >= 4 is 44.3 Å². The monoisotopic (exact) mass is 491 g/mol. The van der Waals surface area contributed by atoms with E-state index in [0.29, 0.717) is 30.1 Å². The largest absolute Gasteiger partial charge is 0.465 e. The van der Waals surface area contributed by atoms with Crippen molar-refractivity contribution in [2.75, 3.05) is 16.4 Å². The molecule has 4 heterocycles. The maximum absolute atomic E-state index is 12.3. The number of halogens is 1. The number of nitrogens with zero attached hydrogens (tertiary/aromatic N) is 5. The highest BCUT2D eigenvalue weighted by Crippen LogP contribution is 2.39. The van der Waals surface area contributed by atoms with Crippen molar-refractivity contribution in [2.45, 2.75) is 57.7 Å². The standard InChI is InChI=1S/C22H26ClN5O4S/c1-13(10-26-11-15(23)9-24-26)21-25-20-17-4-3-14(2)27(22(29)30)18(17)5-6-19(20)28(21)16-7-8-33(31,32)12-16/h5-6,9,11,13-14,16H,3-4,7-8,10,12H2,1-2H3,(H,29,30)/t13-,14-,16+/m0/s1. The molecule has 1 saturated heterocycles. The molecule has 1 N–H and O–H groups in total. The number of aromatic nitrogens is 4. The molecule has 0 spiro atoms. The van der Waals surface area contributed by atoms with Gasteiger partial charge in [-0.1, -0.05) is 18.5 Å². The first-order valence-electron chi connectivity index (χ1n) is 11.1. The summed E-state index contributed by atoms with van der Waals surface area (Å²) >= 11 is 6.03. The Kier molecular flexibility index (Phi) is 5.40. The SMILES string of the molecule is C[C@@H](Cn1cc(Cl)cn1)c1nc2c3c(ccc2n1[C@@H]1CCS(=O)(=O)C1)N(C(=O)O)[C@@H](C)CC3. The van der Waals surface area contributed by atoms with Crippen LogP contribution in [0.3, 0.4) is 0 Å². The number of aryl methyl sites for hydroxylation is 1. The lowest BCUT2D eigenvalue weighted by Gasteiger charge is -2.33. The van der Waals surface area contributed by atoms with Crippen LogP contribution in [0.25, 0.3) is 11.0 Å². The summed E-state index contributed by atoms with van der Waals surface area (Å²) in [6.07, 6.45) is 4.32. The van der Waals surface area contributed by atoms with E-state index < -0.39 is 15.9 Å². The van der Waals surface area contributed by atoms with Gasteiger partial charge < -0.3 is 9.67 Å². The number of carbonyl (C=O) groups is 1. The second-order valence-corrected chi connectivity index (χ2v) is 11.8. The number of hydrogen-bond acceptors (Lipinski definition) is 5. The summed E-state index contributed by atoms with van der Waals surface area (Å²) in [6, 6.07) is 3.42. The summed E-state index contributed by atoms with van der Waals surface area (Å²) in [7, 11) is -3.10. The number of rotatable bonds is 4. The minimum Gasteiger partial charge on any atom is -0.465 e. The van der Waals surface area contributed by atoms with E-state index in [0.717, 1.165) is 28.8 Å². The molecule has 3 aromatic rings. The summed E-state index contributed by atoms with van der Waals surface area (Å²) < 4.78 is 28.4. The van der Waals surface area contributed by atoms with E-state index in [1.54, 1.807) is 17.1 Å². The van der Waals surface area contributed by atoms with Crippen molar-refractivity contribution in [1.29, 1.82) is 0 Å². The van der Waals surface area contributed by atoms with E-state index >= 15 is 0 Å². The number of hydrogen-bond donors (Lipinski definition) is 1. The molecule has 1 aromatic carbocycles. The van der Waals surface area contributed by atoms with Gasteiger partial charge in [-0.15, -0.1) is 0 Å². The lowest BCUT2D eigenvalue weighted by Crippen LogP contribution is -2.41. The third kappa shape index (κ3) is 3.89. The highest BCUT2D eigenvalue weighted by atomic mass is 35.5. The smallest absolute Gasteiger partial charge is 0.412 e. The molecule has 9 nitrogen and oxygen atoms in total. The van der Waals surface area contributed by atoms with Crippen molar-refractivity contribution in [3.05, 3.63) is 40.9 Å². The molecule has 2 aliphatic heterocycles. The number of anilines is 1. The van der Waals surface area contributed by atoms with Gasteiger partial charge in [0.25, 0.3) is 0 Å². The molecule has 0 aliphatic carbocycles. The highest BCUT2D eigenvalue weighted by molar-refractivity contribution is 7.91. The first-order valence-corrected chi connectivity index (χ1v) is 13.3. The van der Waals surface area contributed by atoms with Crippen LogP contribution in [0.15, 0.2) is 24.5 Å². The minimum atomic E-state index is -3.10. The molecule has 1 fully saturated rings. The minimum absolute atomic E-state index is 0.0644. The van der Waals surface area contributed by atoms with Crippen molar-refractivity contribution in [3.63, 3.8) is 0 Å². The molecular formula is C22H26ClN5O4S. The van der Waals surface area contributed by atoms with Gasteiger partial charge in [0.1, 0.15) is 5.82 Å². The Balaban J connectivity index is 1.66. The summed E-state index contributed by atoms with van der Waals surface area (Å²) in [5, 5.41) is 14.6. The quantitative estimate of drug-likeness (QED) is 0.593. The Bertz CT molecular complexity index is 1350. The fraction of sp³-hybridized carbons (Fsp3) is 0.500. The predicted octanol–water partition coefficient (Wildman–Crippen LogP) is 3.87. The van der Waals surface area contributed by atoms with Crippen LogP contribution in [0.4, 0.5) is 10.5 Å². The molecule has 0 radical (unpaired) electrons. The van der Waals surface area contributed by atoms with Gasteiger partial charge in [0.05, 0.1) is 52.0 Å². The fourth-order valence-corrected chi connectivity index (χ4v) is 7.07. The number of imidazole rings is 1. The van der Waals surface area contributed by atoms with Gasteiger partial charge in [-0.25, -0.2) is 18.2 Å². The van der Waals surface area contributed by atoms with Crippen LogP contribution in [-0.2, 0) is 22.8 Å². The van der Waals surface area contributed by atoms with Gasteiger partial charge in [-0.05, 0) is 38.3 Å². The van der Waals surface area contributed by atoms with Crippen LogP contribution < -0.4 is 4.90 Å². The first kappa shape index (κ1) is 22.2. The van der Waals surface area contributed by atoms with E-state index in [1.165, 1.54) is 4.90 Å². The molecule has 176 valence electrons. The Labute approximate surface area is 196 Å². The predicted molar refractivity (Wildman–Crippen MR) is 126 cm³/mol. The summed E-state index contributed by atoms with van der Waals surface area (Å²) in [6.45, 7) is 4.48. The zero-order chi connectivity index (χ0) is 23.5. The number of amides is 1. The van der Waals surface area contributed by atoms with Gasteiger partial charge in [0.15, 0.2) is 9.84 Å². The van der Waals surface area contributed by atoms with Crippen LogP contribution in [-0.4, -0.2) is 56.5 Å². The van der Waals surface area contributed by atoms with Gasteiger partial charge >= 0.3 is 6.09 Å². The molecule has 2 aliphatic rings. The van der Waals surface area contributed by atoms with Crippen LogP contribution in [0, 0.1) is 0 Å². The van der Waals surface area contributed by atoms with Crippen LogP contribution in [0.2, 0.25) is 5.02 Å². The van der Waals surface area contributed by atoms with Gasteiger partial charge in [0.2, 0.25) is 0 Å². The molecule has 3 atom stereocenters. The molecule has 0 saturated carbocycles. The zero-order valence-electron chi connectivity index (χ0n) is 18.5. The molecule has 0 unspecified atom stereocenters. The number of sulfone groups is 1. The third-order valence-electron chi connectivity index (χ3n) is 6.76. The molecule has 5 rings (SSSR count). The Hall–Kier alpha value is -2.59. The lowest BCUT2D eigenvalue weighted by molar-refractivity contribution is 0.198. The fourth-order valence-electron chi connectivity index (χ4n) is 5.22. The van der Waals surface area contributed by atoms with E-state index in [2.05, 4.69) is 9.67 Å². The van der Waals surface area contributed by atoms with Crippen molar-refractivity contribution in [2.24, 2.45) is 0 Å². The summed E-state index contributed by atoms with van der Waals surface area (Å²) in [4.78, 5) is 18.4. The second-order valence-electron chi connectivity index (χ2n) is 9.15. The summed E-state index contributed by atoms with van der Waals surface area (Å²) in [5.74, 6) is 0.967. The molecule has 1 amide bonds. The first-order chi connectivity index (χ1) is 15.6. The average Bonchev–Trinajstić information content (AvgIpc) is 3.43. The van der Waals surface area contributed by atoms with Crippen LogP contribution in [0.5, 0.6) is 0 Å². The Morgan fingerprint density at radius 3 is 2.76 bits per heavy atom. The van der Waals surface area contributed by atoms with Crippen molar-refractivity contribution in [3.8, 4) is 0 Å². The van der Waals surface area contributed by atoms with Crippen molar-refractivity contribution < 1.29 is 18.3 Å². The zero-order valence-corrected chi connectivity index (χ0v) is 20.1. The number of fused-ring (bicyclic) bond motifs is 3. The van der Waals surface area contributed by atoms with Crippen LogP contribution >= 0.6 is 11.6 Å². The Morgan fingerprint density at radius 1 is 1.33 bits per heavy atom. The Morgan fingerprint density at radius 2 is 2.12 bits per heavy atom. The van der Waals surface area contributed by atoms with E-state index in [1.807, 2.05) is 26.0 Å². The van der Waals surface area contributed by atoms with Gasteiger partial charge in [0, 0.05) is 23.7 Å². The molecular weight excluding hydrogens is 466 g/mol. The number of carboxylic acid groups (broad SMARTS) is 1. The molecule has 0 bridgehead atoms. The normalized spacial score (nSPS) is 23.1. The topological polar surface area (TPSA) is 110 Å². The van der Waals surface area contributed by atoms with Gasteiger partial charge in [-0.3, -0.25) is 9.58 Å². The lowest BCUT2D eigenvalue weighted by atomic mass is 9.95. The van der Waals surface area contributed by atoms with E-state index in [4.69, 9.17) is 16.6 Å². The third-order valence-corrected chi connectivity index (χ3v) is 8.71. The summed E-state index contributed by atoms with van der Waals surface area (Å²) in [5.41, 5.74) is 3.19. The average molecular weight is 492 g/mol. The van der Waals surface area contributed by atoms with Crippen molar-refractivity contribution in [1.82, 2.24) is 19.3 Å². The maximum atomic E-state index is 12.3. The van der Waals surface area contributed by atoms with Crippen LogP contribution in [0.1, 0.15) is 50.0 Å². The number of benzene rings is 1.